The summed E-state index contributed by atoms with van der Waals surface area (Å²) in [5.74, 6) is 2.24. The van der Waals surface area contributed by atoms with Crippen molar-refractivity contribution in [2.45, 2.75) is 58.4 Å². The van der Waals surface area contributed by atoms with E-state index in [1.165, 1.54) is 7.11 Å². The van der Waals surface area contributed by atoms with Crippen molar-refractivity contribution in [3.8, 4) is 0 Å². The molecule has 0 aliphatic carbocycles. The molecule has 2 rings (SSSR count). The van der Waals surface area contributed by atoms with Gasteiger partial charge < -0.3 is 9.64 Å². The molecule has 28 heavy (non-hydrogen) atoms. The molecule has 1 fully saturated rings. The molecule has 0 N–H and O–H groups in total. The molecule has 0 saturated carbocycles. The maximum atomic E-state index is 11.9. The molecule has 0 bridgehead atoms. The fourth-order valence-corrected chi connectivity index (χ4v) is 4.88. The highest BCUT2D eigenvalue weighted by Crippen LogP contribution is 2.37. The first-order valence-corrected chi connectivity index (χ1v) is 11.2. The number of rotatable bonds is 9. The standard InChI is InChI=1S/C21H32N2O4S/c1-5-16(13-21(24)27-4)17-6-7-19(20(12-17)23(25)26)22(14-15(2)3)18-8-10-28-11-9-18/h6-7,12,15-16,18H,5,8-11,13-14H2,1-4H3/t16-/m1/s1. The van der Waals surface area contributed by atoms with Crippen molar-refractivity contribution in [2.24, 2.45) is 5.92 Å². The third-order valence-corrected chi connectivity index (χ3v) is 6.35. The Kier molecular flexibility index (Phi) is 8.60. The molecule has 1 aliphatic rings. The van der Waals surface area contributed by atoms with E-state index in [2.05, 4.69) is 18.7 Å². The van der Waals surface area contributed by atoms with Crippen LogP contribution in [0.25, 0.3) is 0 Å². The van der Waals surface area contributed by atoms with Crippen molar-refractivity contribution in [1.29, 1.82) is 0 Å². The molecule has 6 nitrogen and oxygen atoms in total. The first-order valence-electron chi connectivity index (χ1n) is 10.1. The van der Waals surface area contributed by atoms with Crippen LogP contribution in [0.15, 0.2) is 18.2 Å². The van der Waals surface area contributed by atoms with Crippen LogP contribution in [0.3, 0.4) is 0 Å². The van der Waals surface area contributed by atoms with Crippen LogP contribution in [0.5, 0.6) is 0 Å². The van der Waals surface area contributed by atoms with Gasteiger partial charge in [-0.1, -0.05) is 26.8 Å². The lowest BCUT2D eigenvalue weighted by atomic mass is 9.92. The van der Waals surface area contributed by atoms with Crippen molar-refractivity contribution in [2.75, 3.05) is 30.1 Å². The van der Waals surface area contributed by atoms with Crippen molar-refractivity contribution < 1.29 is 14.5 Å². The predicted molar refractivity (Wildman–Crippen MR) is 115 cm³/mol. The molecule has 0 aromatic heterocycles. The Morgan fingerprint density at radius 3 is 2.57 bits per heavy atom. The molecule has 1 heterocycles. The maximum absolute atomic E-state index is 11.9. The van der Waals surface area contributed by atoms with E-state index in [9.17, 15) is 14.9 Å². The van der Waals surface area contributed by atoms with Gasteiger partial charge in [-0.2, -0.15) is 11.8 Å². The molecule has 1 aliphatic heterocycles. The number of esters is 1. The van der Waals surface area contributed by atoms with Crippen LogP contribution in [-0.4, -0.2) is 42.1 Å². The smallest absolute Gasteiger partial charge is 0.306 e. The fourth-order valence-electron chi connectivity index (χ4n) is 3.80. The number of anilines is 1. The minimum absolute atomic E-state index is 0.0789. The number of carbonyl (C=O) groups excluding carboxylic acids is 1. The summed E-state index contributed by atoms with van der Waals surface area (Å²) in [7, 11) is 1.37. The zero-order chi connectivity index (χ0) is 20.7. The van der Waals surface area contributed by atoms with Crippen molar-refractivity contribution >= 4 is 29.1 Å². The third-order valence-electron chi connectivity index (χ3n) is 5.30. The van der Waals surface area contributed by atoms with E-state index >= 15 is 0 Å². The summed E-state index contributed by atoms with van der Waals surface area (Å²) in [6.45, 7) is 7.08. The van der Waals surface area contributed by atoms with Crippen molar-refractivity contribution in [1.82, 2.24) is 0 Å². The first kappa shape index (κ1) is 22.5. The number of methoxy groups -OCH3 is 1. The minimum atomic E-state index is -0.292. The zero-order valence-corrected chi connectivity index (χ0v) is 18.2. The molecule has 0 radical (unpaired) electrons. The number of benzene rings is 1. The normalized spacial score (nSPS) is 16.0. The van der Waals surface area contributed by atoms with E-state index in [0.717, 1.165) is 42.9 Å². The Labute approximate surface area is 172 Å². The molecular weight excluding hydrogens is 376 g/mol. The molecule has 0 spiro atoms. The van der Waals surface area contributed by atoms with Crippen LogP contribution >= 0.6 is 11.8 Å². The SMILES string of the molecule is CC[C@H](CC(=O)OC)c1ccc(N(CC(C)C)C2CCSCC2)c([N+](=O)[O-])c1. The molecular formula is C21H32N2O4S. The molecule has 1 saturated heterocycles. The lowest BCUT2D eigenvalue weighted by molar-refractivity contribution is -0.384. The summed E-state index contributed by atoms with van der Waals surface area (Å²) in [6.07, 6.45) is 3.06. The highest BCUT2D eigenvalue weighted by atomic mass is 32.2. The number of carbonyl (C=O) groups is 1. The molecule has 1 aromatic rings. The number of nitrogens with zero attached hydrogens (tertiary/aromatic N) is 2. The lowest BCUT2D eigenvalue weighted by Gasteiger charge is -2.37. The van der Waals surface area contributed by atoms with Gasteiger partial charge in [0.2, 0.25) is 0 Å². The Morgan fingerprint density at radius 2 is 2.04 bits per heavy atom. The fraction of sp³-hybridized carbons (Fsp3) is 0.667. The molecule has 1 aromatic carbocycles. The zero-order valence-electron chi connectivity index (χ0n) is 17.3. The molecule has 0 unspecified atom stereocenters. The van der Waals surface area contributed by atoms with Crippen molar-refractivity contribution in [3.05, 3.63) is 33.9 Å². The number of hydrogen-bond acceptors (Lipinski definition) is 6. The Bertz CT molecular complexity index is 674. The second-order valence-electron chi connectivity index (χ2n) is 7.78. The Hall–Kier alpha value is -1.76. The van der Waals surface area contributed by atoms with Crippen LogP contribution in [0.4, 0.5) is 11.4 Å². The van der Waals surface area contributed by atoms with E-state index in [-0.39, 0.29) is 28.9 Å². The van der Waals surface area contributed by atoms with Gasteiger partial charge in [-0.05, 0) is 54.2 Å². The second kappa shape index (κ2) is 10.7. The maximum Gasteiger partial charge on any atom is 0.306 e. The van der Waals surface area contributed by atoms with E-state index in [1.807, 2.05) is 30.8 Å². The van der Waals surface area contributed by atoms with E-state index in [1.54, 1.807) is 6.07 Å². The summed E-state index contributed by atoms with van der Waals surface area (Å²) >= 11 is 1.95. The first-order chi connectivity index (χ1) is 13.4. The van der Waals surface area contributed by atoms with Crippen LogP contribution < -0.4 is 4.90 Å². The summed E-state index contributed by atoms with van der Waals surface area (Å²) < 4.78 is 4.78. The monoisotopic (exact) mass is 408 g/mol. The number of nitro groups is 1. The molecule has 1 atom stereocenters. The van der Waals surface area contributed by atoms with Crippen molar-refractivity contribution in [3.63, 3.8) is 0 Å². The average Bonchev–Trinajstić information content (AvgIpc) is 2.70. The van der Waals surface area contributed by atoms with E-state index in [4.69, 9.17) is 4.74 Å². The highest BCUT2D eigenvalue weighted by molar-refractivity contribution is 7.99. The van der Waals surface area contributed by atoms with Gasteiger partial charge in [-0.3, -0.25) is 14.9 Å². The van der Waals surface area contributed by atoms with Crippen LogP contribution in [-0.2, 0) is 9.53 Å². The van der Waals surface area contributed by atoms with Gasteiger partial charge in [0.1, 0.15) is 5.69 Å². The van der Waals surface area contributed by atoms with E-state index in [0.29, 0.717) is 17.6 Å². The average molecular weight is 409 g/mol. The number of hydrogen-bond donors (Lipinski definition) is 0. The Morgan fingerprint density at radius 1 is 1.36 bits per heavy atom. The molecule has 7 heteroatoms. The van der Waals surface area contributed by atoms with Crippen LogP contribution in [0, 0.1) is 16.0 Å². The summed E-state index contributed by atoms with van der Waals surface area (Å²) in [5, 5.41) is 11.9. The topological polar surface area (TPSA) is 72.7 Å². The Balaban J connectivity index is 2.40. The van der Waals surface area contributed by atoms with E-state index < -0.39 is 0 Å². The van der Waals surface area contributed by atoms with Crippen LogP contribution in [0.2, 0.25) is 0 Å². The van der Waals surface area contributed by atoms with Gasteiger partial charge in [0.15, 0.2) is 0 Å². The summed E-state index contributed by atoms with van der Waals surface area (Å²) in [5.41, 5.74) is 1.67. The number of nitro benzene ring substituents is 1. The predicted octanol–water partition coefficient (Wildman–Crippen LogP) is 5.01. The largest absolute Gasteiger partial charge is 0.469 e. The summed E-state index contributed by atoms with van der Waals surface area (Å²) in [4.78, 5) is 25.6. The second-order valence-corrected chi connectivity index (χ2v) is 9.01. The minimum Gasteiger partial charge on any atom is -0.469 e. The van der Waals surface area contributed by atoms with Gasteiger partial charge in [0.25, 0.3) is 5.69 Å². The number of ether oxygens (including phenoxy) is 1. The third kappa shape index (κ3) is 5.87. The quantitative estimate of drug-likeness (QED) is 0.325. The molecule has 0 amide bonds. The lowest BCUT2D eigenvalue weighted by Crippen LogP contribution is -2.40. The van der Waals surface area contributed by atoms with Crippen LogP contribution in [0.1, 0.15) is 57.9 Å². The van der Waals surface area contributed by atoms with Gasteiger partial charge in [-0.25, -0.2) is 0 Å². The number of thioether (sulfide) groups is 1. The summed E-state index contributed by atoms with van der Waals surface area (Å²) in [6, 6.07) is 5.84. The van der Waals surface area contributed by atoms with Gasteiger partial charge in [0, 0.05) is 18.7 Å². The van der Waals surface area contributed by atoms with Gasteiger partial charge in [-0.15, -0.1) is 0 Å². The molecule has 156 valence electrons. The van der Waals surface area contributed by atoms with Gasteiger partial charge >= 0.3 is 5.97 Å². The van der Waals surface area contributed by atoms with Gasteiger partial charge in [0.05, 0.1) is 18.5 Å². The highest BCUT2D eigenvalue weighted by Gasteiger charge is 2.29.